The van der Waals surface area contributed by atoms with Gasteiger partial charge >= 0.3 is 0 Å². The van der Waals surface area contributed by atoms with Crippen LogP contribution in [0.5, 0.6) is 0 Å². The molecule has 0 radical (unpaired) electrons. The van der Waals surface area contributed by atoms with E-state index in [-0.39, 0.29) is 17.2 Å². The van der Waals surface area contributed by atoms with E-state index < -0.39 is 5.82 Å². The fourth-order valence-corrected chi connectivity index (χ4v) is 2.34. The fourth-order valence-electron chi connectivity index (χ4n) is 2.34. The highest BCUT2D eigenvalue weighted by Gasteiger charge is 2.14. The number of rotatable bonds is 1. The molecule has 0 unspecified atom stereocenters. The zero-order chi connectivity index (χ0) is 15.1. The van der Waals surface area contributed by atoms with Crippen LogP contribution in [0.4, 0.5) is 10.3 Å². The Morgan fingerprint density at radius 2 is 1.76 bits per heavy atom. The summed E-state index contributed by atoms with van der Waals surface area (Å²) < 4.78 is 15.2. The van der Waals surface area contributed by atoms with Crippen LogP contribution >= 0.6 is 0 Å². The Morgan fingerprint density at radius 1 is 1.10 bits per heavy atom. The van der Waals surface area contributed by atoms with E-state index in [1.807, 2.05) is 13.0 Å². The summed E-state index contributed by atoms with van der Waals surface area (Å²) in [6.45, 7) is 3.66. The van der Waals surface area contributed by atoms with E-state index in [4.69, 9.17) is 5.73 Å². The van der Waals surface area contributed by atoms with Gasteiger partial charge in [0.15, 0.2) is 0 Å². The first-order valence-corrected chi connectivity index (χ1v) is 6.53. The van der Waals surface area contributed by atoms with Gasteiger partial charge in [-0.3, -0.25) is 4.79 Å². The summed E-state index contributed by atoms with van der Waals surface area (Å²) in [5, 5.41) is 0.421. The predicted molar refractivity (Wildman–Crippen MR) is 81.2 cm³/mol. The first-order chi connectivity index (χ1) is 9.97. The minimum atomic E-state index is -0.502. The maximum Gasteiger partial charge on any atom is 0.267 e. The van der Waals surface area contributed by atoms with Crippen LogP contribution in [0.3, 0.4) is 0 Å². The molecule has 0 aliphatic rings. The highest BCUT2D eigenvalue weighted by atomic mass is 19.1. The average Bonchev–Trinajstić information content (AvgIpc) is 2.42. The molecule has 0 saturated heterocycles. The number of nitrogen functional groups attached to an aromatic ring is 1. The van der Waals surface area contributed by atoms with E-state index in [2.05, 4.69) is 4.98 Å². The molecule has 0 fully saturated rings. The molecule has 0 saturated carbocycles. The lowest BCUT2D eigenvalue weighted by atomic mass is 10.1. The molecule has 2 aromatic carbocycles. The number of halogens is 1. The average molecular weight is 283 g/mol. The van der Waals surface area contributed by atoms with Crippen LogP contribution in [0.1, 0.15) is 11.1 Å². The number of hydrogen-bond acceptors (Lipinski definition) is 3. The molecule has 0 bridgehead atoms. The van der Waals surface area contributed by atoms with Crippen molar-refractivity contribution in [1.82, 2.24) is 9.55 Å². The molecule has 106 valence electrons. The van der Waals surface area contributed by atoms with Crippen LogP contribution in [0.25, 0.3) is 16.6 Å². The van der Waals surface area contributed by atoms with Crippen LogP contribution in [0, 0.1) is 19.7 Å². The number of benzene rings is 2. The van der Waals surface area contributed by atoms with Crippen molar-refractivity contribution in [3.05, 3.63) is 63.7 Å². The van der Waals surface area contributed by atoms with E-state index >= 15 is 0 Å². The van der Waals surface area contributed by atoms with Crippen molar-refractivity contribution in [1.29, 1.82) is 0 Å². The van der Waals surface area contributed by atoms with Crippen LogP contribution in [-0.2, 0) is 0 Å². The lowest BCUT2D eigenvalue weighted by Gasteiger charge is -2.11. The molecule has 5 heteroatoms. The van der Waals surface area contributed by atoms with Crippen molar-refractivity contribution in [2.45, 2.75) is 13.8 Å². The molecule has 0 atom stereocenters. The maximum absolute atomic E-state index is 14.1. The van der Waals surface area contributed by atoms with Crippen molar-refractivity contribution in [3.8, 4) is 5.69 Å². The summed E-state index contributed by atoms with van der Waals surface area (Å²) in [6, 6.07) is 9.94. The summed E-state index contributed by atoms with van der Waals surface area (Å²) in [6.07, 6.45) is 0. The van der Waals surface area contributed by atoms with E-state index in [1.165, 1.54) is 12.1 Å². The number of fused-ring (bicyclic) bond motifs is 1. The molecule has 1 heterocycles. The molecular formula is C16H14FN3O. The third-order valence-electron chi connectivity index (χ3n) is 3.39. The van der Waals surface area contributed by atoms with Crippen LogP contribution < -0.4 is 11.3 Å². The quantitative estimate of drug-likeness (QED) is 0.747. The number of nitrogens with two attached hydrogens (primary N) is 1. The van der Waals surface area contributed by atoms with Gasteiger partial charge in [-0.2, -0.15) is 0 Å². The second kappa shape index (κ2) is 4.70. The van der Waals surface area contributed by atoms with Crippen molar-refractivity contribution in [2.24, 2.45) is 0 Å². The monoisotopic (exact) mass is 283 g/mol. The maximum atomic E-state index is 14.1. The SMILES string of the molecule is Cc1ccc(-n2c(N)nc3ccc(C)cc3c2=O)c(F)c1. The Kier molecular flexibility index (Phi) is 2.97. The summed E-state index contributed by atoms with van der Waals surface area (Å²) >= 11 is 0. The van der Waals surface area contributed by atoms with Crippen molar-refractivity contribution >= 4 is 16.9 Å². The Bertz CT molecular complexity index is 915. The number of aryl methyl sites for hydroxylation is 2. The molecule has 21 heavy (non-hydrogen) atoms. The van der Waals surface area contributed by atoms with Gasteiger partial charge in [-0.05, 0) is 43.7 Å². The van der Waals surface area contributed by atoms with Gasteiger partial charge < -0.3 is 5.73 Å². The zero-order valence-electron chi connectivity index (χ0n) is 11.7. The lowest BCUT2D eigenvalue weighted by Crippen LogP contribution is -2.24. The molecule has 3 rings (SSSR count). The Labute approximate surface area is 120 Å². The van der Waals surface area contributed by atoms with E-state index in [0.29, 0.717) is 10.9 Å². The second-order valence-corrected chi connectivity index (χ2v) is 5.09. The van der Waals surface area contributed by atoms with Gasteiger partial charge in [0.05, 0.1) is 16.6 Å². The third kappa shape index (κ3) is 2.16. The van der Waals surface area contributed by atoms with Gasteiger partial charge in [0.25, 0.3) is 5.56 Å². The minimum absolute atomic E-state index is 0.0286. The standard InChI is InChI=1S/C16H14FN3O/c1-9-3-5-13-11(7-9)15(21)20(16(18)19-13)14-6-4-10(2)8-12(14)17/h3-8H,1-2H3,(H2,18,19). The van der Waals surface area contributed by atoms with Crippen molar-refractivity contribution in [3.63, 3.8) is 0 Å². The molecule has 3 aromatic rings. The summed E-state index contributed by atoms with van der Waals surface area (Å²) in [4.78, 5) is 16.8. The number of nitrogens with zero attached hydrogens (tertiary/aromatic N) is 2. The molecule has 0 amide bonds. The van der Waals surface area contributed by atoms with Crippen LogP contribution in [-0.4, -0.2) is 9.55 Å². The van der Waals surface area contributed by atoms with E-state index in [0.717, 1.165) is 15.7 Å². The highest BCUT2D eigenvalue weighted by Crippen LogP contribution is 2.18. The Hall–Kier alpha value is -2.69. The Balaban J connectivity index is 2.40. The van der Waals surface area contributed by atoms with Crippen molar-refractivity contribution < 1.29 is 4.39 Å². The largest absolute Gasteiger partial charge is 0.369 e. The van der Waals surface area contributed by atoms with Crippen LogP contribution in [0.15, 0.2) is 41.2 Å². The topological polar surface area (TPSA) is 60.9 Å². The zero-order valence-corrected chi connectivity index (χ0v) is 11.7. The first-order valence-electron chi connectivity index (χ1n) is 6.53. The lowest BCUT2D eigenvalue weighted by molar-refractivity contribution is 0.615. The third-order valence-corrected chi connectivity index (χ3v) is 3.39. The summed E-state index contributed by atoms with van der Waals surface area (Å²) in [5.74, 6) is -0.531. The van der Waals surface area contributed by atoms with Gasteiger partial charge in [-0.25, -0.2) is 13.9 Å². The Morgan fingerprint density at radius 3 is 2.48 bits per heavy atom. The molecular weight excluding hydrogens is 269 g/mol. The van der Waals surface area contributed by atoms with Gasteiger partial charge in [0, 0.05) is 0 Å². The molecule has 0 spiro atoms. The van der Waals surface area contributed by atoms with Crippen LogP contribution in [0.2, 0.25) is 0 Å². The summed E-state index contributed by atoms with van der Waals surface area (Å²) in [7, 11) is 0. The number of aromatic nitrogens is 2. The molecule has 0 aliphatic carbocycles. The fraction of sp³-hybridized carbons (Fsp3) is 0.125. The number of hydrogen-bond donors (Lipinski definition) is 1. The van der Waals surface area contributed by atoms with Gasteiger partial charge in [0.2, 0.25) is 5.95 Å². The van der Waals surface area contributed by atoms with Crippen molar-refractivity contribution in [2.75, 3.05) is 5.73 Å². The predicted octanol–water partition coefficient (Wildman–Crippen LogP) is 2.72. The smallest absolute Gasteiger partial charge is 0.267 e. The molecule has 2 N–H and O–H groups in total. The highest BCUT2D eigenvalue weighted by molar-refractivity contribution is 5.79. The first kappa shape index (κ1) is 13.3. The van der Waals surface area contributed by atoms with E-state index in [1.54, 1.807) is 25.1 Å². The summed E-state index contributed by atoms with van der Waals surface area (Å²) in [5.41, 5.74) is 7.80. The minimum Gasteiger partial charge on any atom is -0.369 e. The van der Waals surface area contributed by atoms with Gasteiger partial charge in [-0.1, -0.05) is 17.7 Å². The second-order valence-electron chi connectivity index (χ2n) is 5.09. The molecule has 0 aliphatic heterocycles. The van der Waals surface area contributed by atoms with Gasteiger partial charge in [0.1, 0.15) is 5.82 Å². The molecule has 1 aromatic heterocycles. The van der Waals surface area contributed by atoms with E-state index in [9.17, 15) is 9.18 Å². The molecule has 4 nitrogen and oxygen atoms in total. The number of anilines is 1. The van der Waals surface area contributed by atoms with Gasteiger partial charge in [-0.15, -0.1) is 0 Å². The normalized spacial score (nSPS) is 11.0.